The first-order chi connectivity index (χ1) is 20.5. The largest absolute Gasteiger partial charge is 0.395 e. The first-order valence-corrected chi connectivity index (χ1v) is 14.5. The Kier molecular flexibility index (Phi) is 8.34. The summed E-state index contributed by atoms with van der Waals surface area (Å²) in [6, 6.07) is 15.8. The van der Waals surface area contributed by atoms with Gasteiger partial charge in [-0.2, -0.15) is 9.61 Å². The molecule has 2 aromatic carbocycles. The number of nitrogens with one attached hydrogen (secondary N) is 1. The van der Waals surface area contributed by atoms with Crippen molar-refractivity contribution in [2.24, 2.45) is 7.05 Å². The molecule has 224 valence electrons. The number of carbonyl (C=O) groups is 1. The lowest BCUT2D eigenvalue weighted by Gasteiger charge is -2.21. The fourth-order valence-corrected chi connectivity index (χ4v) is 5.26. The van der Waals surface area contributed by atoms with Crippen molar-refractivity contribution in [2.45, 2.75) is 46.8 Å². The number of imidazole rings is 1. The van der Waals surface area contributed by atoms with Crippen molar-refractivity contribution in [1.82, 2.24) is 29.0 Å². The second-order valence-electron chi connectivity index (χ2n) is 11.3. The number of anilines is 1. The van der Waals surface area contributed by atoms with E-state index in [1.54, 1.807) is 29.5 Å². The first kappa shape index (κ1) is 29.9. The van der Waals surface area contributed by atoms with Crippen LogP contribution < -0.4 is 5.32 Å². The molecule has 0 spiro atoms. The van der Waals surface area contributed by atoms with Crippen LogP contribution in [-0.4, -0.2) is 64.9 Å². The quantitative estimate of drug-likeness (QED) is 0.219. The molecule has 0 bridgehead atoms. The second kappa shape index (κ2) is 12.0. The number of aryl methyl sites for hydroxylation is 3. The second-order valence-corrected chi connectivity index (χ2v) is 11.3. The molecular weight excluding hydrogens is 542 g/mol. The molecular formula is C33H39N7O3. The third-order valence-electron chi connectivity index (χ3n) is 7.67. The first-order valence-electron chi connectivity index (χ1n) is 14.5. The van der Waals surface area contributed by atoms with E-state index in [1.165, 1.54) is 0 Å². The fourth-order valence-electron chi connectivity index (χ4n) is 5.26. The van der Waals surface area contributed by atoms with Gasteiger partial charge in [-0.15, -0.1) is 0 Å². The molecule has 3 aromatic heterocycles. The minimum Gasteiger partial charge on any atom is -0.395 e. The molecule has 0 unspecified atom stereocenters. The Bertz CT molecular complexity index is 1780. The third-order valence-corrected chi connectivity index (χ3v) is 7.67. The highest BCUT2D eigenvalue weighted by Gasteiger charge is 2.25. The summed E-state index contributed by atoms with van der Waals surface area (Å²) in [6.45, 7) is 10.3. The Morgan fingerprint density at radius 2 is 1.88 bits per heavy atom. The predicted molar refractivity (Wildman–Crippen MR) is 168 cm³/mol. The van der Waals surface area contributed by atoms with E-state index >= 15 is 0 Å². The molecule has 0 aliphatic rings. The molecule has 5 rings (SSSR count). The Labute approximate surface area is 251 Å². The molecule has 43 heavy (non-hydrogen) atoms. The van der Waals surface area contributed by atoms with Gasteiger partial charge >= 0.3 is 0 Å². The fraction of sp³-hybridized carbons (Fsp3) is 0.333. The summed E-state index contributed by atoms with van der Waals surface area (Å²) in [6.07, 6.45) is 3.71. The van der Waals surface area contributed by atoms with Gasteiger partial charge in [-0.1, -0.05) is 30.3 Å². The molecule has 1 amide bonds. The molecule has 0 aliphatic heterocycles. The van der Waals surface area contributed by atoms with Crippen molar-refractivity contribution in [3.8, 4) is 22.5 Å². The zero-order valence-corrected chi connectivity index (χ0v) is 25.6. The van der Waals surface area contributed by atoms with Crippen molar-refractivity contribution in [2.75, 3.05) is 25.0 Å². The lowest BCUT2D eigenvalue weighted by Crippen LogP contribution is -2.33. The maximum Gasteiger partial charge on any atom is 0.254 e. The number of hydrogen-bond acceptors (Lipinski definition) is 7. The van der Waals surface area contributed by atoms with Gasteiger partial charge in [0.2, 0.25) is 0 Å². The number of carbonyl (C=O) groups excluding carboxylic acids is 1. The van der Waals surface area contributed by atoms with E-state index in [-0.39, 0.29) is 19.1 Å². The van der Waals surface area contributed by atoms with Crippen LogP contribution in [0.5, 0.6) is 0 Å². The number of fused-ring (bicyclic) bond motifs is 1. The number of aromatic nitrogens is 5. The number of hydrogen-bond donors (Lipinski definition) is 3. The summed E-state index contributed by atoms with van der Waals surface area (Å²) < 4.78 is 3.74. The van der Waals surface area contributed by atoms with Crippen LogP contribution in [0.25, 0.3) is 28.2 Å². The van der Waals surface area contributed by atoms with Gasteiger partial charge in [0.05, 0.1) is 18.0 Å². The lowest BCUT2D eigenvalue weighted by atomic mass is 9.98. The molecule has 5 aromatic rings. The van der Waals surface area contributed by atoms with Crippen LogP contribution in [0.4, 0.5) is 5.82 Å². The van der Waals surface area contributed by atoms with Gasteiger partial charge in [0, 0.05) is 61.8 Å². The maximum atomic E-state index is 13.4. The number of amides is 1. The molecule has 0 atom stereocenters. The summed E-state index contributed by atoms with van der Waals surface area (Å²) in [4.78, 5) is 24.3. The van der Waals surface area contributed by atoms with Crippen LogP contribution in [0.15, 0.2) is 60.9 Å². The summed E-state index contributed by atoms with van der Waals surface area (Å²) in [5.41, 5.74) is 5.68. The normalized spacial score (nSPS) is 11.7. The highest BCUT2D eigenvalue weighted by molar-refractivity contribution is 5.97. The van der Waals surface area contributed by atoms with Crippen molar-refractivity contribution in [3.05, 3.63) is 89.0 Å². The van der Waals surface area contributed by atoms with Gasteiger partial charge in [0.25, 0.3) is 5.91 Å². The van der Waals surface area contributed by atoms with Crippen LogP contribution in [0.2, 0.25) is 0 Å². The lowest BCUT2D eigenvalue weighted by molar-refractivity contribution is 0.0729. The standard InChI is InChI=1S/C33H39N7O3/c1-7-39(15-16-41)32(42)26-18-24(12-11-21(26)2)29-22(3)37-40-28(19-27(33(4,5)43)36-31(29)40)35-20-23-9-8-10-25(17-23)30-34-13-14-38(30)6/h8-14,17-19,35,41,43H,7,15-16,20H2,1-6H3. The Balaban J connectivity index is 1.56. The Morgan fingerprint density at radius 1 is 1.09 bits per heavy atom. The third kappa shape index (κ3) is 6.02. The zero-order chi connectivity index (χ0) is 30.9. The molecule has 0 radical (unpaired) electrons. The monoisotopic (exact) mass is 581 g/mol. The van der Waals surface area contributed by atoms with Crippen LogP contribution >= 0.6 is 0 Å². The van der Waals surface area contributed by atoms with Crippen molar-refractivity contribution in [3.63, 3.8) is 0 Å². The minimum absolute atomic E-state index is 0.0990. The van der Waals surface area contributed by atoms with E-state index in [1.807, 2.05) is 75.0 Å². The number of aliphatic hydroxyl groups is 2. The van der Waals surface area contributed by atoms with Crippen molar-refractivity contribution in [1.29, 1.82) is 0 Å². The minimum atomic E-state index is -1.20. The van der Waals surface area contributed by atoms with Gasteiger partial charge in [-0.05, 0) is 63.4 Å². The van der Waals surface area contributed by atoms with E-state index < -0.39 is 5.60 Å². The van der Waals surface area contributed by atoms with Crippen LogP contribution in [0.1, 0.15) is 53.6 Å². The van der Waals surface area contributed by atoms with Crippen molar-refractivity contribution < 1.29 is 15.0 Å². The van der Waals surface area contributed by atoms with Gasteiger partial charge in [-0.25, -0.2) is 9.97 Å². The molecule has 0 saturated heterocycles. The van der Waals surface area contributed by atoms with Crippen LogP contribution in [0.3, 0.4) is 0 Å². The van der Waals surface area contributed by atoms with E-state index in [4.69, 9.17) is 10.1 Å². The van der Waals surface area contributed by atoms with E-state index in [2.05, 4.69) is 22.4 Å². The maximum absolute atomic E-state index is 13.4. The molecule has 10 heteroatoms. The zero-order valence-electron chi connectivity index (χ0n) is 25.6. The van der Waals surface area contributed by atoms with Gasteiger partial charge in [0.15, 0.2) is 5.65 Å². The summed E-state index contributed by atoms with van der Waals surface area (Å²) in [7, 11) is 1.97. The molecule has 0 saturated carbocycles. The molecule has 0 fully saturated rings. The molecule has 0 aliphatic carbocycles. The van der Waals surface area contributed by atoms with Crippen LogP contribution in [0, 0.1) is 13.8 Å². The van der Waals surface area contributed by atoms with E-state index in [0.717, 1.165) is 39.3 Å². The molecule has 10 nitrogen and oxygen atoms in total. The Morgan fingerprint density at radius 3 is 2.56 bits per heavy atom. The number of aliphatic hydroxyl groups excluding tert-OH is 1. The Hall–Kier alpha value is -4.54. The topological polar surface area (TPSA) is 121 Å². The number of likely N-dealkylation sites (N-methyl/N-ethyl adjacent to an activating group) is 1. The molecule has 3 N–H and O–H groups in total. The smallest absolute Gasteiger partial charge is 0.254 e. The molecule has 3 heterocycles. The number of nitrogens with zero attached hydrogens (tertiary/aromatic N) is 6. The van der Waals surface area contributed by atoms with E-state index in [9.17, 15) is 15.0 Å². The predicted octanol–water partition coefficient (Wildman–Crippen LogP) is 4.71. The number of rotatable bonds is 10. The van der Waals surface area contributed by atoms with Gasteiger partial charge in [0.1, 0.15) is 17.2 Å². The SMILES string of the molecule is CCN(CCO)C(=O)c1cc(-c2c(C)nn3c(NCc4cccc(-c5nccn5C)c4)cc(C(C)(C)O)nc23)ccc1C. The van der Waals surface area contributed by atoms with E-state index in [0.29, 0.717) is 35.8 Å². The average molecular weight is 582 g/mol. The van der Waals surface area contributed by atoms with Gasteiger partial charge in [-0.3, -0.25) is 4.79 Å². The highest BCUT2D eigenvalue weighted by Crippen LogP contribution is 2.33. The van der Waals surface area contributed by atoms with Gasteiger partial charge < -0.3 is 25.0 Å². The highest BCUT2D eigenvalue weighted by atomic mass is 16.3. The summed E-state index contributed by atoms with van der Waals surface area (Å²) >= 11 is 0. The summed E-state index contributed by atoms with van der Waals surface area (Å²) in [5.74, 6) is 1.44. The summed E-state index contributed by atoms with van der Waals surface area (Å²) in [5, 5.41) is 28.8. The average Bonchev–Trinajstić information content (AvgIpc) is 3.56. The number of benzene rings is 2. The van der Waals surface area contributed by atoms with Crippen LogP contribution in [-0.2, 0) is 19.2 Å². The van der Waals surface area contributed by atoms with Crippen molar-refractivity contribution >= 4 is 17.4 Å².